The predicted octanol–water partition coefficient (Wildman–Crippen LogP) is 0.379. The van der Waals surface area contributed by atoms with Crippen LogP contribution in [0, 0.1) is 11.3 Å². The van der Waals surface area contributed by atoms with Crippen LogP contribution < -0.4 is 0 Å². The van der Waals surface area contributed by atoms with Crippen molar-refractivity contribution in [3.63, 3.8) is 0 Å². The zero-order chi connectivity index (χ0) is 9.72. The molecular weight excluding hydrogens is 195 g/mol. The molecule has 0 saturated heterocycles. The molecule has 67 valence electrons. The van der Waals surface area contributed by atoms with Gasteiger partial charge in [0, 0.05) is 29.6 Å². The fraction of sp³-hybridized carbons (Fsp3) is 0.333. The van der Waals surface area contributed by atoms with Gasteiger partial charge in [0.15, 0.2) is 11.3 Å². The van der Waals surface area contributed by atoms with Crippen LogP contribution in [-0.4, -0.2) is 54.2 Å². The summed E-state index contributed by atoms with van der Waals surface area (Å²) in [6.45, 7) is 0. The molecule has 0 saturated carbocycles. The van der Waals surface area contributed by atoms with Crippen molar-refractivity contribution in [1.29, 1.82) is 5.26 Å². The van der Waals surface area contributed by atoms with Crippen LogP contribution in [0.15, 0.2) is 11.3 Å². The fourth-order valence-electron chi connectivity index (χ4n) is 0.419. The van der Waals surface area contributed by atoms with Gasteiger partial charge in [0.25, 0.3) is 6.43 Å². The first-order valence-corrected chi connectivity index (χ1v) is 2.74. The van der Waals surface area contributed by atoms with E-state index in [-0.39, 0.29) is 29.6 Å². The largest absolute Gasteiger partial charge is 0.505 e. The minimum Gasteiger partial charge on any atom is -0.505 e. The van der Waals surface area contributed by atoms with Gasteiger partial charge in [0.05, 0.1) is 7.11 Å². The van der Waals surface area contributed by atoms with Gasteiger partial charge in [-0.05, 0) is 0 Å². The number of ether oxygens (including phenoxy) is 1. The Balaban J connectivity index is 0. The molecule has 0 aliphatic rings. The van der Waals surface area contributed by atoms with E-state index in [4.69, 9.17) is 10.4 Å². The number of allylic oxidation sites excluding steroid dienone is 1. The van der Waals surface area contributed by atoms with Crippen LogP contribution >= 0.6 is 0 Å². The van der Waals surface area contributed by atoms with Gasteiger partial charge in [-0.1, -0.05) is 0 Å². The fourth-order valence-corrected chi connectivity index (χ4v) is 0.419. The molecule has 1 radical (unpaired) electrons. The number of nitrogens with zero attached hydrogens (tertiary/aromatic N) is 1. The van der Waals surface area contributed by atoms with Crippen LogP contribution in [0.25, 0.3) is 0 Å². The third-order valence-electron chi connectivity index (χ3n) is 0.964. The van der Waals surface area contributed by atoms with E-state index in [9.17, 15) is 13.6 Å². The molecule has 0 atom stereocenters. The second-order valence-corrected chi connectivity index (χ2v) is 1.66. The van der Waals surface area contributed by atoms with Gasteiger partial charge in [0.1, 0.15) is 6.07 Å². The van der Waals surface area contributed by atoms with Crippen molar-refractivity contribution < 1.29 is 23.4 Å². The molecule has 0 amide bonds. The van der Waals surface area contributed by atoms with Gasteiger partial charge in [0.2, 0.25) is 0 Å². The quantitative estimate of drug-likeness (QED) is 0.230. The topological polar surface area (TPSA) is 70.3 Å². The van der Waals surface area contributed by atoms with E-state index in [1.54, 1.807) is 0 Å². The maximum atomic E-state index is 11.7. The van der Waals surface area contributed by atoms with E-state index in [2.05, 4.69) is 4.74 Å². The minimum atomic E-state index is -3.25. The number of aliphatic hydroxyl groups excluding tert-OH is 1. The number of alkyl halides is 2. The molecule has 0 bridgehead atoms. The Morgan fingerprint density at radius 3 is 2.31 bits per heavy atom. The van der Waals surface area contributed by atoms with Gasteiger partial charge >= 0.3 is 5.97 Å². The van der Waals surface area contributed by atoms with Crippen LogP contribution in [0.2, 0.25) is 0 Å². The van der Waals surface area contributed by atoms with Crippen LogP contribution in [0.5, 0.6) is 0 Å². The molecule has 0 fully saturated rings. The van der Waals surface area contributed by atoms with Crippen LogP contribution in [0.1, 0.15) is 0 Å². The van der Waals surface area contributed by atoms with E-state index in [1.807, 2.05) is 0 Å². The Bertz CT molecular complexity index is 259. The molecule has 13 heavy (non-hydrogen) atoms. The number of halogens is 2. The van der Waals surface area contributed by atoms with Gasteiger partial charge in [-0.25, -0.2) is 13.6 Å². The van der Waals surface area contributed by atoms with Crippen molar-refractivity contribution >= 4 is 35.5 Å². The summed E-state index contributed by atoms with van der Waals surface area (Å²) in [6, 6.07) is 1.11. The maximum Gasteiger partial charge on any atom is 0.352 e. The number of hydrogen-bond acceptors (Lipinski definition) is 4. The molecule has 0 aromatic rings. The smallest absolute Gasteiger partial charge is 0.352 e. The number of aliphatic hydroxyl groups is 1. The van der Waals surface area contributed by atoms with Crippen molar-refractivity contribution in [2.45, 2.75) is 6.43 Å². The van der Waals surface area contributed by atoms with Crippen molar-refractivity contribution in [1.82, 2.24) is 0 Å². The number of carbonyl (C=O) groups excluding carboxylic acids is 1. The summed E-state index contributed by atoms with van der Waals surface area (Å²) in [4.78, 5) is 10.5. The molecule has 0 aliphatic heterocycles. The van der Waals surface area contributed by atoms with Gasteiger partial charge in [-0.2, -0.15) is 5.26 Å². The monoisotopic (exact) mass is 200 g/mol. The number of hydrogen-bond donors (Lipinski definition) is 1. The minimum absolute atomic E-state index is 0. The Hall–Kier alpha value is -0.640. The molecule has 1 N–H and O–H groups in total. The first-order valence-electron chi connectivity index (χ1n) is 2.74. The van der Waals surface area contributed by atoms with Gasteiger partial charge < -0.3 is 9.84 Å². The summed E-state index contributed by atoms with van der Waals surface area (Å²) in [5, 5.41) is 16.6. The average Bonchev–Trinajstić information content (AvgIpc) is 2.05. The molecule has 0 aliphatic carbocycles. The molecule has 0 spiro atoms. The normalized spacial score (nSPS) is 11.0. The van der Waals surface area contributed by atoms with E-state index < -0.39 is 23.7 Å². The van der Waals surface area contributed by atoms with Crippen molar-refractivity contribution in [2.75, 3.05) is 7.11 Å². The van der Waals surface area contributed by atoms with Crippen LogP contribution in [0.4, 0.5) is 8.78 Å². The molecule has 0 aromatic carbocycles. The third kappa shape index (κ3) is 4.22. The summed E-state index contributed by atoms with van der Waals surface area (Å²) in [7, 11) is 0.915. The Kier molecular flexibility index (Phi) is 7.81. The predicted molar refractivity (Wildman–Crippen MR) is 39.0 cm³/mol. The molecule has 7 heteroatoms. The number of rotatable bonds is 2. The van der Waals surface area contributed by atoms with E-state index in [0.29, 0.717) is 0 Å². The van der Waals surface area contributed by atoms with Crippen molar-refractivity contribution in [3.8, 4) is 6.07 Å². The number of esters is 1. The number of carbonyl (C=O) groups is 1. The standard InChI is InChI=1S/C6H5F2NO3.Na/c1-12-6(11)3(2-9)4(10)5(7)8;/h5,10H,1H3;/b4-3-;. The zero-order valence-corrected chi connectivity index (χ0v) is 9.04. The number of nitriles is 1. The van der Waals surface area contributed by atoms with Crippen molar-refractivity contribution in [2.24, 2.45) is 0 Å². The van der Waals surface area contributed by atoms with Crippen LogP contribution in [0.3, 0.4) is 0 Å². The first kappa shape index (κ1) is 14.9. The third-order valence-corrected chi connectivity index (χ3v) is 0.964. The molecule has 0 unspecified atom stereocenters. The van der Waals surface area contributed by atoms with E-state index >= 15 is 0 Å². The van der Waals surface area contributed by atoms with E-state index in [1.165, 1.54) is 0 Å². The zero-order valence-electron chi connectivity index (χ0n) is 7.04. The summed E-state index contributed by atoms with van der Waals surface area (Å²) < 4.78 is 27.4. The molecule has 0 heterocycles. The second-order valence-electron chi connectivity index (χ2n) is 1.66. The Morgan fingerprint density at radius 1 is 1.62 bits per heavy atom. The van der Waals surface area contributed by atoms with Crippen LogP contribution in [-0.2, 0) is 9.53 Å². The summed E-state index contributed by atoms with van der Waals surface area (Å²) in [5.41, 5.74) is -1.08. The van der Waals surface area contributed by atoms with Gasteiger partial charge in [-0.15, -0.1) is 0 Å². The average molecular weight is 200 g/mol. The summed E-state index contributed by atoms with van der Waals surface area (Å²) in [5.74, 6) is -2.85. The molecule has 0 rings (SSSR count). The Morgan fingerprint density at radius 2 is 2.08 bits per heavy atom. The van der Waals surface area contributed by atoms with E-state index in [0.717, 1.165) is 13.2 Å². The second kappa shape index (κ2) is 6.83. The van der Waals surface area contributed by atoms with Gasteiger partial charge in [-0.3, -0.25) is 0 Å². The SMILES string of the molecule is COC(=O)/C(C#N)=C(\O)C(F)F.[Na]. The Labute approximate surface area is 95.1 Å². The maximum absolute atomic E-state index is 11.7. The molecule has 4 nitrogen and oxygen atoms in total. The molecule has 0 aromatic heterocycles. The summed E-state index contributed by atoms with van der Waals surface area (Å²) in [6.07, 6.45) is -3.25. The molecular formula is C6H5F2NNaO3. The van der Waals surface area contributed by atoms with Crippen molar-refractivity contribution in [3.05, 3.63) is 11.3 Å². The summed E-state index contributed by atoms with van der Waals surface area (Å²) >= 11 is 0. The first-order chi connectivity index (χ1) is 5.54. The number of methoxy groups -OCH3 is 1.